The molecule has 5 nitrogen and oxygen atoms in total. The fourth-order valence-corrected chi connectivity index (χ4v) is 1.54. The van der Waals surface area contributed by atoms with Gasteiger partial charge in [-0.15, -0.1) is 0 Å². The van der Waals surface area contributed by atoms with Crippen LogP contribution in [-0.4, -0.2) is 23.1 Å². The molecule has 1 rings (SSSR count). The van der Waals surface area contributed by atoms with Gasteiger partial charge in [0.25, 0.3) is 0 Å². The molecule has 0 aliphatic heterocycles. The number of urea groups is 1. The lowest BCUT2D eigenvalue weighted by Crippen LogP contribution is -2.42. The molecule has 0 saturated heterocycles. The normalized spacial score (nSPS) is 11.7. The van der Waals surface area contributed by atoms with Gasteiger partial charge in [-0.25, -0.2) is 9.59 Å². The van der Waals surface area contributed by atoms with Gasteiger partial charge < -0.3 is 15.7 Å². The molecule has 0 spiro atoms. The molecule has 98 valence electrons. The minimum atomic E-state index is -1.03. The van der Waals surface area contributed by atoms with E-state index in [9.17, 15) is 9.59 Å². The van der Waals surface area contributed by atoms with Crippen LogP contribution in [0, 0.1) is 13.8 Å². The van der Waals surface area contributed by atoms with Gasteiger partial charge in [-0.1, -0.05) is 19.1 Å². The predicted molar refractivity (Wildman–Crippen MR) is 69.8 cm³/mol. The molecule has 0 aliphatic carbocycles. The van der Waals surface area contributed by atoms with Crippen LogP contribution in [-0.2, 0) is 4.79 Å². The third-order valence-corrected chi connectivity index (χ3v) is 2.86. The highest BCUT2D eigenvalue weighted by atomic mass is 16.4. The van der Waals surface area contributed by atoms with Crippen LogP contribution >= 0.6 is 0 Å². The first-order chi connectivity index (χ1) is 8.45. The van der Waals surface area contributed by atoms with Crippen molar-refractivity contribution in [3.8, 4) is 0 Å². The summed E-state index contributed by atoms with van der Waals surface area (Å²) in [5.41, 5.74) is 2.72. The zero-order valence-electron chi connectivity index (χ0n) is 10.8. The van der Waals surface area contributed by atoms with E-state index in [1.807, 2.05) is 26.0 Å². The largest absolute Gasteiger partial charge is 0.480 e. The molecule has 1 aromatic carbocycles. The second-order valence-electron chi connectivity index (χ2n) is 4.15. The fourth-order valence-electron chi connectivity index (χ4n) is 1.54. The summed E-state index contributed by atoms with van der Waals surface area (Å²) >= 11 is 0. The van der Waals surface area contributed by atoms with Crippen molar-refractivity contribution >= 4 is 17.7 Å². The zero-order valence-corrected chi connectivity index (χ0v) is 10.8. The Balaban J connectivity index is 2.70. The summed E-state index contributed by atoms with van der Waals surface area (Å²) in [6.07, 6.45) is 0.343. The van der Waals surface area contributed by atoms with E-state index in [4.69, 9.17) is 5.11 Å². The number of hydrogen-bond acceptors (Lipinski definition) is 2. The average molecular weight is 250 g/mol. The fraction of sp³-hybridized carbons (Fsp3) is 0.385. The van der Waals surface area contributed by atoms with E-state index < -0.39 is 18.0 Å². The molecule has 0 bridgehead atoms. The van der Waals surface area contributed by atoms with Crippen molar-refractivity contribution in [2.45, 2.75) is 33.2 Å². The first-order valence-corrected chi connectivity index (χ1v) is 5.82. The summed E-state index contributed by atoms with van der Waals surface area (Å²) in [7, 11) is 0. The van der Waals surface area contributed by atoms with E-state index in [2.05, 4.69) is 10.6 Å². The molecule has 0 fully saturated rings. The number of hydrogen-bond donors (Lipinski definition) is 3. The minimum absolute atomic E-state index is 0.343. The van der Waals surface area contributed by atoms with Gasteiger partial charge >= 0.3 is 12.0 Å². The van der Waals surface area contributed by atoms with Crippen LogP contribution in [0.3, 0.4) is 0 Å². The highest BCUT2D eigenvalue weighted by molar-refractivity contribution is 5.92. The van der Waals surface area contributed by atoms with E-state index in [0.29, 0.717) is 12.1 Å². The lowest BCUT2D eigenvalue weighted by atomic mass is 10.1. The van der Waals surface area contributed by atoms with Crippen molar-refractivity contribution in [2.24, 2.45) is 0 Å². The Labute approximate surface area is 106 Å². The molecule has 0 aliphatic rings. The number of carbonyl (C=O) groups excluding carboxylic acids is 1. The number of aliphatic carboxylic acids is 1. The molecule has 2 amide bonds. The summed E-state index contributed by atoms with van der Waals surface area (Å²) in [5, 5.41) is 13.9. The Morgan fingerprint density at radius 1 is 1.33 bits per heavy atom. The Hall–Kier alpha value is -2.04. The highest BCUT2D eigenvalue weighted by Gasteiger charge is 2.17. The van der Waals surface area contributed by atoms with Crippen molar-refractivity contribution in [1.29, 1.82) is 0 Å². The third kappa shape index (κ3) is 3.48. The summed E-state index contributed by atoms with van der Waals surface area (Å²) in [6, 6.07) is 4.20. The molecule has 1 atom stereocenters. The number of carboxylic acid groups (broad SMARTS) is 1. The highest BCUT2D eigenvalue weighted by Crippen LogP contribution is 2.17. The standard InChI is InChI=1S/C13H18N2O3/c1-4-10(12(16)17)14-13(18)15-11-7-5-6-8(2)9(11)3/h5-7,10H,4H2,1-3H3,(H,16,17)(H2,14,15,18)/t10-/m1/s1. The van der Waals surface area contributed by atoms with Gasteiger partial charge in [0.15, 0.2) is 0 Å². The summed E-state index contributed by atoms with van der Waals surface area (Å²) in [6.45, 7) is 5.56. The maximum absolute atomic E-state index is 11.7. The summed E-state index contributed by atoms with van der Waals surface area (Å²) < 4.78 is 0. The van der Waals surface area contributed by atoms with E-state index >= 15 is 0 Å². The predicted octanol–water partition coefficient (Wildman–Crippen LogP) is 2.29. The van der Waals surface area contributed by atoms with Gasteiger partial charge in [-0.05, 0) is 37.5 Å². The number of nitrogens with one attached hydrogen (secondary N) is 2. The SMILES string of the molecule is CC[C@@H](NC(=O)Nc1cccc(C)c1C)C(=O)O. The van der Waals surface area contributed by atoms with Crippen LogP contribution in [0.1, 0.15) is 24.5 Å². The number of carboxylic acids is 1. The van der Waals surface area contributed by atoms with Crippen molar-refractivity contribution in [2.75, 3.05) is 5.32 Å². The molecular weight excluding hydrogens is 232 g/mol. The number of anilines is 1. The molecule has 0 radical (unpaired) electrons. The quantitative estimate of drug-likeness (QED) is 0.767. The van der Waals surface area contributed by atoms with Crippen LogP contribution in [0.2, 0.25) is 0 Å². The number of aryl methyl sites for hydroxylation is 1. The lowest BCUT2D eigenvalue weighted by molar-refractivity contribution is -0.139. The van der Waals surface area contributed by atoms with E-state index in [1.165, 1.54) is 0 Å². The van der Waals surface area contributed by atoms with Gasteiger partial charge in [-0.2, -0.15) is 0 Å². The zero-order chi connectivity index (χ0) is 13.7. The lowest BCUT2D eigenvalue weighted by Gasteiger charge is -2.15. The Kier molecular flexibility index (Phi) is 4.71. The van der Waals surface area contributed by atoms with Crippen molar-refractivity contribution in [3.05, 3.63) is 29.3 Å². The second kappa shape index (κ2) is 6.05. The number of rotatable bonds is 4. The van der Waals surface area contributed by atoms with E-state index in [-0.39, 0.29) is 0 Å². The minimum Gasteiger partial charge on any atom is -0.480 e. The van der Waals surface area contributed by atoms with Gasteiger partial charge in [-0.3, -0.25) is 0 Å². The molecule has 0 saturated carbocycles. The Morgan fingerprint density at radius 3 is 2.56 bits per heavy atom. The van der Waals surface area contributed by atoms with Gasteiger partial charge in [0, 0.05) is 5.69 Å². The number of benzene rings is 1. The van der Waals surface area contributed by atoms with Gasteiger partial charge in [0.2, 0.25) is 0 Å². The van der Waals surface area contributed by atoms with Gasteiger partial charge in [0.1, 0.15) is 6.04 Å². The molecule has 18 heavy (non-hydrogen) atoms. The smallest absolute Gasteiger partial charge is 0.326 e. The van der Waals surface area contributed by atoms with Crippen molar-refractivity contribution in [3.63, 3.8) is 0 Å². The maximum atomic E-state index is 11.7. The van der Waals surface area contributed by atoms with Crippen molar-refractivity contribution in [1.82, 2.24) is 5.32 Å². The Bertz CT molecular complexity index is 458. The monoisotopic (exact) mass is 250 g/mol. The van der Waals surface area contributed by atoms with Crippen molar-refractivity contribution < 1.29 is 14.7 Å². The second-order valence-corrected chi connectivity index (χ2v) is 4.15. The van der Waals surface area contributed by atoms with Crippen LogP contribution in [0.4, 0.5) is 10.5 Å². The van der Waals surface area contributed by atoms with Crippen LogP contribution in [0.25, 0.3) is 0 Å². The molecular formula is C13H18N2O3. The number of carbonyl (C=O) groups is 2. The molecule has 0 heterocycles. The first-order valence-electron chi connectivity index (χ1n) is 5.82. The Morgan fingerprint density at radius 2 is 2.00 bits per heavy atom. The molecule has 5 heteroatoms. The van der Waals surface area contributed by atoms with E-state index in [1.54, 1.807) is 13.0 Å². The maximum Gasteiger partial charge on any atom is 0.326 e. The summed E-state index contributed by atoms with van der Waals surface area (Å²) in [5.74, 6) is -1.03. The first kappa shape index (κ1) is 14.0. The van der Waals surface area contributed by atoms with Crippen LogP contribution in [0.15, 0.2) is 18.2 Å². The molecule has 1 aromatic rings. The molecule has 0 unspecified atom stereocenters. The molecule has 3 N–H and O–H groups in total. The third-order valence-electron chi connectivity index (χ3n) is 2.86. The average Bonchev–Trinajstić information content (AvgIpc) is 2.31. The van der Waals surface area contributed by atoms with E-state index in [0.717, 1.165) is 11.1 Å². The van der Waals surface area contributed by atoms with Gasteiger partial charge in [0.05, 0.1) is 0 Å². The topological polar surface area (TPSA) is 78.4 Å². The van der Waals surface area contributed by atoms with Crippen LogP contribution in [0.5, 0.6) is 0 Å². The summed E-state index contributed by atoms with van der Waals surface area (Å²) in [4.78, 5) is 22.5. The molecule has 0 aromatic heterocycles. The van der Waals surface area contributed by atoms with Crippen LogP contribution < -0.4 is 10.6 Å². The number of amides is 2.